The summed E-state index contributed by atoms with van der Waals surface area (Å²) in [5.41, 5.74) is 3.36. The summed E-state index contributed by atoms with van der Waals surface area (Å²) < 4.78 is 5.56. The normalized spacial score (nSPS) is 21.7. The molecule has 5 nitrogen and oxygen atoms in total. The molecule has 1 aliphatic heterocycles. The SMILES string of the molecule is CNC(c1ccc2nc(C)[nH]c2c1)C1COCCN1. The zero-order valence-corrected chi connectivity index (χ0v) is 11.4. The summed E-state index contributed by atoms with van der Waals surface area (Å²) in [6, 6.07) is 6.93. The molecule has 19 heavy (non-hydrogen) atoms. The summed E-state index contributed by atoms with van der Waals surface area (Å²) in [4.78, 5) is 7.73. The molecule has 0 aliphatic carbocycles. The Labute approximate surface area is 112 Å². The Hall–Kier alpha value is -1.43. The number of likely N-dealkylation sites (N-methyl/N-ethyl adjacent to an activating group) is 1. The molecule has 5 heteroatoms. The maximum atomic E-state index is 5.56. The number of hydrogen-bond acceptors (Lipinski definition) is 4. The van der Waals surface area contributed by atoms with E-state index in [4.69, 9.17) is 4.74 Å². The van der Waals surface area contributed by atoms with Gasteiger partial charge in [0, 0.05) is 12.6 Å². The van der Waals surface area contributed by atoms with Crippen LogP contribution in [0.4, 0.5) is 0 Å². The van der Waals surface area contributed by atoms with Crippen molar-refractivity contribution in [2.24, 2.45) is 0 Å². The minimum absolute atomic E-state index is 0.244. The number of H-pyrrole nitrogens is 1. The van der Waals surface area contributed by atoms with Crippen LogP contribution in [-0.4, -0.2) is 42.8 Å². The molecule has 0 amide bonds. The maximum absolute atomic E-state index is 5.56. The summed E-state index contributed by atoms with van der Waals surface area (Å²) in [5, 5.41) is 6.89. The number of benzene rings is 1. The van der Waals surface area contributed by atoms with Crippen molar-refractivity contribution in [3.05, 3.63) is 29.6 Å². The molecule has 102 valence electrons. The van der Waals surface area contributed by atoms with E-state index in [1.807, 2.05) is 14.0 Å². The number of nitrogens with zero attached hydrogens (tertiary/aromatic N) is 1. The molecule has 1 saturated heterocycles. The molecule has 0 saturated carbocycles. The molecule has 2 atom stereocenters. The van der Waals surface area contributed by atoms with Crippen molar-refractivity contribution in [3.63, 3.8) is 0 Å². The smallest absolute Gasteiger partial charge is 0.104 e. The first-order chi connectivity index (χ1) is 9.28. The number of aryl methyl sites for hydroxylation is 1. The van der Waals surface area contributed by atoms with Gasteiger partial charge in [0.1, 0.15) is 5.82 Å². The van der Waals surface area contributed by atoms with E-state index in [0.717, 1.165) is 36.6 Å². The van der Waals surface area contributed by atoms with Crippen molar-refractivity contribution in [3.8, 4) is 0 Å². The van der Waals surface area contributed by atoms with Gasteiger partial charge in [-0.05, 0) is 31.7 Å². The fourth-order valence-electron chi connectivity index (χ4n) is 2.75. The summed E-state index contributed by atoms with van der Waals surface area (Å²) in [6.45, 7) is 4.43. The number of aromatic nitrogens is 2. The van der Waals surface area contributed by atoms with Crippen LogP contribution >= 0.6 is 0 Å². The molecule has 3 rings (SSSR count). The van der Waals surface area contributed by atoms with Gasteiger partial charge in [0.05, 0.1) is 30.3 Å². The van der Waals surface area contributed by atoms with Gasteiger partial charge in [-0.2, -0.15) is 0 Å². The van der Waals surface area contributed by atoms with Crippen LogP contribution in [0.25, 0.3) is 11.0 Å². The monoisotopic (exact) mass is 260 g/mol. The molecule has 1 fully saturated rings. The van der Waals surface area contributed by atoms with Crippen LogP contribution in [0.15, 0.2) is 18.2 Å². The summed E-state index contributed by atoms with van der Waals surface area (Å²) in [6.07, 6.45) is 0. The maximum Gasteiger partial charge on any atom is 0.104 e. The van der Waals surface area contributed by atoms with E-state index < -0.39 is 0 Å². The lowest BCUT2D eigenvalue weighted by molar-refractivity contribution is 0.0646. The van der Waals surface area contributed by atoms with E-state index in [1.54, 1.807) is 0 Å². The minimum Gasteiger partial charge on any atom is -0.378 e. The first-order valence-electron chi connectivity index (χ1n) is 6.72. The third-order valence-corrected chi connectivity index (χ3v) is 3.65. The average Bonchev–Trinajstić information content (AvgIpc) is 2.80. The Morgan fingerprint density at radius 2 is 2.37 bits per heavy atom. The molecule has 0 spiro atoms. The zero-order chi connectivity index (χ0) is 13.2. The second-order valence-electron chi connectivity index (χ2n) is 5.00. The highest BCUT2D eigenvalue weighted by atomic mass is 16.5. The number of nitrogens with one attached hydrogen (secondary N) is 3. The van der Waals surface area contributed by atoms with Gasteiger partial charge in [-0.15, -0.1) is 0 Å². The molecule has 0 bridgehead atoms. The number of morpholine rings is 1. The van der Waals surface area contributed by atoms with Gasteiger partial charge >= 0.3 is 0 Å². The molecule has 2 unspecified atom stereocenters. The van der Waals surface area contributed by atoms with E-state index in [1.165, 1.54) is 5.56 Å². The second kappa shape index (κ2) is 5.28. The Balaban J connectivity index is 1.91. The van der Waals surface area contributed by atoms with Crippen molar-refractivity contribution in [1.82, 2.24) is 20.6 Å². The lowest BCUT2D eigenvalue weighted by Gasteiger charge is -2.31. The summed E-state index contributed by atoms with van der Waals surface area (Å²) >= 11 is 0. The third kappa shape index (κ3) is 2.49. The van der Waals surface area contributed by atoms with Crippen LogP contribution in [0.2, 0.25) is 0 Å². The van der Waals surface area contributed by atoms with Crippen LogP contribution < -0.4 is 10.6 Å². The van der Waals surface area contributed by atoms with E-state index in [9.17, 15) is 0 Å². The predicted octanol–water partition coefficient (Wildman–Crippen LogP) is 1.12. The van der Waals surface area contributed by atoms with Gasteiger partial charge in [0.15, 0.2) is 0 Å². The largest absolute Gasteiger partial charge is 0.378 e. The Morgan fingerprint density at radius 3 is 3.11 bits per heavy atom. The number of fused-ring (bicyclic) bond motifs is 1. The average molecular weight is 260 g/mol. The lowest BCUT2D eigenvalue weighted by atomic mass is 9.98. The van der Waals surface area contributed by atoms with Crippen LogP contribution in [0.1, 0.15) is 17.4 Å². The topological polar surface area (TPSA) is 62.0 Å². The molecule has 1 aromatic heterocycles. The highest BCUT2D eigenvalue weighted by Crippen LogP contribution is 2.22. The van der Waals surface area contributed by atoms with Crippen molar-refractivity contribution < 1.29 is 4.74 Å². The number of imidazole rings is 1. The highest BCUT2D eigenvalue weighted by Gasteiger charge is 2.24. The van der Waals surface area contributed by atoms with Crippen molar-refractivity contribution >= 4 is 11.0 Å². The number of hydrogen-bond donors (Lipinski definition) is 3. The summed E-state index contributed by atoms with van der Waals surface area (Å²) in [5.74, 6) is 0.951. The predicted molar refractivity (Wildman–Crippen MR) is 75.2 cm³/mol. The number of ether oxygens (including phenoxy) is 1. The van der Waals surface area contributed by atoms with Crippen LogP contribution in [0.3, 0.4) is 0 Å². The Bertz CT molecular complexity index is 560. The van der Waals surface area contributed by atoms with Gasteiger partial charge in [-0.1, -0.05) is 6.07 Å². The first kappa shape index (κ1) is 12.6. The Kier molecular flexibility index (Phi) is 3.50. The molecule has 3 N–H and O–H groups in total. The lowest BCUT2D eigenvalue weighted by Crippen LogP contribution is -2.48. The van der Waals surface area contributed by atoms with E-state index in [-0.39, 0.29) is 6.04 Å². The standard InChI is InChI=1S/C14H20N4O/c1-9-17-11-4-3-10(7-12(11)18-9)14(15-2)13-8-19-6-5-16-13/h3-4,7,13-16H,5-6,8H2,1-2H3,(H,17,18). The molecule has 1 aliphatic rings. The minimum atomic E-state index is 0.244. The van der Waals surface area contributed by atoms with E-state index in [0.29, 0.717) is 6.04 Å². The van der Waals surface area contributed by atoms with Crippen molar-refractivity contribution in [1.29, 1.82) is 0 Å². The third-order valence-electron chi connectivity index (χ3n) is 3.65. The fraction of sp³-hybridized carbons (Fsp3) is 0.500. The molecule has 2 aromatic rings. The van der Waals surface area contributed by atoms with Gasteiger partial charge in [-0.3, -0.25) is 0 Å². The first-order valence-corrected chi connectivity index (χ1v) is 6.72. The fourth-order valence-corrected chi connectivity index (χ4v) is 2.75. The van der Waals surface area contributed by atoms with Crippen molar-refractivity contribution in [2.45, 2.75) is 19.0 Å². The van der Waals surface area contributed by atoms with Gasteiger partial charge in [0.2, 0.25) is 0 Å². The molecule has 2 heterocycles. The second-order valence-corrected chi connectivity index (χ2v) is 5.00. The molecule has 0 radical (unpaired) electrons. The van der Waals surface area contributed by atoms with Crippen LogP contribution in [0.5, 0.6) is 0 Å². The van der Waals surface area contributed by atoms with Gasteiger partial charge < -0.3 is 20.4 Å². The van der Waals surface area contributed by atoms with E-state index in [2.05, 4.69) is 38.8 Å². The molecule has 1 aromatic carbocycles. The molecular weight excluding hydrogens is 240 g/mol. The van der Waals surface area contributed by atoms with E-state index >= 15 is 0 Å². The van der Waals surface area contributed by atoms with Gasteiger partial charge in [0.25, 0.3) is 0 Å². The van der Waals surface area contributed by atoms with Crippen LogP contribution in [0, 0.1) is 6.92 Å². The zero-order valence-electron chi connectivity index (χ0n) is 11.4. The van der Waals surface area contributed by atoms with Crippen LogP contribution in [-0.2, 0) is 4.74 Å². The number of aromatic amines is 1. The number of rotatable bonds is 3. The van der Waals surface area contributed by atoms with Gasteiger partial charge in [-0.25, -0.2) is 4.98 Å². The molecular formula is C14H20N4O. The Morgan fingerprint density at radius 1 is 1.47 bits per heavy atom. The highest BCUT2D eigenvalue weighted by molar-refractivity contribution is 5.76. The van der Waals surface area contributed by atoms with Crippen molar-refractivity contribution in [2.75, 3.05) is 26.8 Å². The quantitative estimate of drug-likeness (QED) is 0.774. The summed E-state index contributed by atoms with van der Waals surface area (Å²) in [7, 11) is 1.99.